The molecule has 0 fully saturated rings. The molecule has 0 saturated heterocycles. The van der Waals surface area contributed by atoms with Crippen LogP contribution in [0.3, 0.4) is 0 Å². The molecule has 98 valence electrons. The van der Waals surface area contributed by atoms with Gasteiger partial charge in [0.1, 0.15) is 5.75 Å². The molecular weight excluding hydrogens is 234 g/mol. The maximum atomic E-state index is 9.63. The Balaban J connectivity index is 2.38. The summed E-state index contributed by atoms with van der Waals surface area (Å²) in [4.78, 5) is 4.55. The standard InChI is InChI=1S/C17H19NO/c1-17(2,3)15-11-14(19)9-10-16(15)18-12-13-7-5-4-6-8-13/h4-12,19H,1-3H3. The van der Waals surface area contributed by atoms with Gasteiger partial charge in [0.05, 0.1) is 5.69 Å². The van der Waals surface area contributed by atoms with E-state index >= 15 is 0 Å². The molecule has 2 heteroatoms. The zero-order valence-electron chi connectivity index (χ0n) is 11.6. The predicted molar refractivity (Wildman–Crippen MR) is 80.5 cm³/mol. The van der Waals surface area contributed by atoms with Gasteiger partial charge in [-0.15, -0.1) is 0 Å². The van der Waals surface area contributed by atoms with Crippen molar-refractivity contribution < 1.29 is 5.11 Å². The molecule has 0 bridgehead atoms. The minimum absolute atomic E-state index is 0.0535. The summed E-state index contributed by atoms with van der Waals surface area (Å²) < 4.78 is 0. The molecule has 19 heavy (non-hydrogen) atoms. The lowest BCUT2D eigenvalue weighted by atomic mass is 9.85. The van der Waals surface area contributed by atoms with Crippen LogP contribution in [0.2, 0.25) is 0 Å². The van der Waals surface area contributed by atoms with Crippen molar-refractivity contribution in [3.8, 4) is 5.75 Å². The molecule has 0 atom stereocenters. The fraction of sp³-hybridized carbons (Fsp3) is 0.235. The number of phenolic OH excluding ortho intramolecular Hbond substituents is 1. The van der Waals surface area contributed by atoms with Crippen LogP contribution in [0.5, 0.6) is 5.75 Å². The first-order valence-corrected chi connectivity index (χ1v) is 6.39. The van der Waals surface area contributed by atoms with Crippen molar-refractivity contribution in [3.05, 3.63) is 59.7 Å². The van der Waals surface area contributed by atoms with Gasteiger partial charge in [-0.05, 0) is 34.7 Å². The lowest BCUT2D eigenvalue weighted by Gasteiger charge is -2.21. The van der Waals surface area contributed by atoms with E-state index < -0.39 is 0 Å². The highest BCUT2D eigenvalue weighted by Crippen LogP contribution is 2.34. The first-order chi connectivity index (χ1) is 8.97. The second kappa shape index (κ2) is 5.27. The van der Waals surface area contributed by atoms with Crippen LogP contribution in [0.4, 0.5) is 5.69 Å². The van der Waals surface area contributed by atoms with E-state index in [2.05, 4.69) is 25.8 Å². The van der Waals surface area contributed by atoms with Crippen LogP contribution >= 0.6 is 0 Å². The predicted octanol–water partition coefficient (Wildman–Crippen LogP) is 4.44. The molecule has 0 aliphatic heterocycles. The van der Waals surface area contributed by atoms with Gasteiger partial charge >= 0.3 is 0 Å². The Morgan fingerprint density at radius 1 is 1.00 bits per heavy atom. The Labute approximate surface area is 114 Å². The number of nitrogens with zero attached hydrogens (tertiary/aromatic N) is 1. The molecule has 0 aliphatic rings. The molecule has 2 nitrogen and oxygen atoms in total. The van der Waals surface area contributed by atoms with Crippen molar-refractivity contribution in [3.63, 3.8) is 0 Å². The number of aromatic hydroxyl groups is 1. The summed E-state index contributed by atoms with van der Waals surface area (Å²) in [6, 6.07) is 15.3. The van der Waals surface area contributed by atoms with Gasteiger partial charge in [0.2, 0.25) is 0 Å². The monoisotopic (exact) mass is 253 g/mol. The second-order valence-corrected chi connectivity index (χ2v) is 5.62. The molecule has 0 unspecified atom stereocenters. The van der Waals surface area contributed by atoms with Gasteiger partial charge in [-0.1, -0.05) is 51.1 Å². The first kappa shape index (κ1) is 13.3. The Morgan fingerprint density at radius 2 is 1.68 bits per heavy atom. The van der Waals surface area contributed by atoms with Crippen LogP contribution in [0.25, 0.3) is 0 Å². The third-order valence-corrected chi connectivity index (χ3v) is 2.94. The van der Waals surface area contributed by atoms with E-state index in [0.29, 0.717) is 0 Å². The summed E-state index contributed by atoms with van der Waals surface area (Å²) in [5, 5.41) is 9.63. The van der Waals surface area contributed by atoms with Crippen LogP contribution in [0, 0.1) is 0 Å². The van der Waals surface area contributed by atoms with Crippen molar-refractivity contribution >= 4 is 11.9 Å². The molecule has 0 amide bonds. The number of hydrogen-bond acceptors (Lipinski definition) is 2. The van der Waals surface area contributed by atoms with Gasteiger partial charge < -0.3 is 5.11 Å². The van der Waals surface area contributed by atoms with Crippen LogP contribution in [-0.4, -0.2) is 11.3 Å². The Kier molecular flexibility index (Phi) is 3.70. The summed E-state index contributed by atoms with van der Waals surface area (Å²) in [5.74, 6) is 0.281. The lowest BCUT2D eigenvalue weighted by Crippen LogP contribution is -2.11. The minimum Gasteiger partial charge on any atom is -0.508 e. The third-order valence-electron chi connectivity index (χ3n) is 2.94. The lowest BCUT2D eigenvalue weighted by molar-refractivity contribution is 0.471. The molecule has 1 N–H and O–H groups in total. The molecule has 0 aromatic heterocycles. The average molecular weight is 253 g/mol. The maximum Gasteiger partial charge on any atom is 0.116 e. The van der Waals surface area contributed by atoms with Crippen molar-refractivity contribution in [1.82, 2.24) is 0 Å². The number of benzene rings is 2. The number of phenols is 1. The molecule has 2 aromatic rings. The van der Waals surface area contributed by atoms with Gasteiger partial charge in [0.25, 0.3) is 0 Å². The van der Waals surface area contributed by atoms with Gasteiger partial charge in [-0.3, -0.25) is 4.99 Å². The van der Waals surface area contributed by atoms with Crippen molar-refractivity contribution in [1.29, 1.82) is 0 Å². The summed E-state index contributed by atoms with van der Waals surface area (Å²) in [5.41, 5.74) is 2.95. The number of rotatable bonds is 2. The Hall–Kier alpha value is -2.09. The molecule has 0 saturated carbocycles. The first-order valence-electron chi connectivity index (χ1n) is 6.39. The quantitative estimate of drug-likeness (QED) is 0.788. The Bertz CT molecular complexity index is 580. The molecule has 0 radical (unpaired) electrons. The van der Waals surface area contributed by atoms with Crippen molar-refractivity contribution in [2.45, 2.75) is 26.2 Å². The smallest absolute Gasteiger partial charge is 0.116 e. The average Bonchev–Trinajstić information content (AvgIpc) is 2.37. The van der Waals surface area contributed by atoms with E-state index in [1.165, 1.54) is 0 Å². The van der Waals surface area contributed by atoms with E-state index in [0.717, 1.165) is 16.8 Å². The number of hydrogen-bond donors (Lipinski definition) is 1. The van der Waals surface area contributed by atoms with Crippen LogP contribution in [-0.2, 0) is 5.41 Å². The Morgan fingerprint density at radius 3 is 2.32 bits per heavy atom. The molecule has 2 aromatic carbocycles. The van der Waals surface area contributed by atoms with Gasteiger partial charge in [-0.25, -0.2) is 0 Å². The fourth-order valence-corrected chi connectivity index (χ4v) is 1.92. The minimum atomic E-state index is -0.0535. The highest BCUT2D eigenvalue weighted by molar-refractivity contribution is 5.82. The third kappa shape index (κ3) is 3.44. The highest BCUT2D eigenvalue weighted by Gasteiger charge is 2.18. The summed E-state index contributed by atoms with van der Waals surface area (Å²) in [6.07, 6.45) is 1.85. The van der Waals surface area contributed by atoms with E-state index in [-0.39, 0.29) is 11.2 Å². The van der Waals surface area contributed by atoms with Crippen molar-refractivity contribution in [2.24, 2.45) is 4.99 Å². The normalized spacial score (nSPS) is 11.9. The largest absolute Gasteiger partial charge is 0.508 e. The van der Waals surface area contributed by atoms with Crippen LogP contribution < -0.4 is 0 Å². The van der Waals surface area contributed by atoms with E-state index in [1.54, 1.807) is 12.1 Å². The van der Waals surface area contributed by atoms with Crippen LogP contribution in [0.15, 0.2) is 53.5 Å². The summed E-state index contributed by atoms with van der Waals surface area (Å²) >= 11 is 0. The van der Waals surface area contributed by atoms with Gasteiger partial charge in [-0.2, -0.15) is 0 Å². The van der Waals surface area contributed by atoms with E-state index in [1.807, 2.05) is 42.6 Å². The summed E-state index contributed by atoms with van der Waals surface area (Å²) in [7, 11) is 0. The number of aliphatic imine (C=N–C) groups is 1. The van der Waals surface area contributed by atoms with E-state index in [4.69, 9.17) is 0 Å². The van der Waals surface area contributed by atoms with E-state index in [9.17, 15) is 5.11 Å². The molecule has 0 aliphatic carbocycles. The fourth-order valence-electron chi connectivity index (χ4n) is 1.92. The SMILES string of the molecule is CC(C)(C)c1cc(O)ccc1N=Cc1ccccc1. The van der Waals surface area contributed by atoms with Gasteiger partial charge in [0, 0.05) is 6.21 Å². The molecule has 0 heterocycles. The topological polar surface area (TPSA) is 32.6 Å². The van der Waals surface area contributed by atoms with Crippen LogP contribution in [0.1, 0.15) is 31.9 Å². The van der Waals surface area contributed by atoms with Crippen molar-refractivity contribution in [2.75, 3.05) is 0 Å². The second-order valence-electron chi connectivity index (χ2n) is 5.62. The highest BCUT2D eigenvalue weighted by atomic mass is 16.3. The molecular formula is C17H19NO. The molecule has 0 spiro atoms. The van der Waals surface area contributed by atoms with Gasteiger partial charge in [0.15, 0.2) is 0 Å². The summed E-state index contributed by atoms with van der Waals surface area (Å²) in [6.45, 7) is 6.34. The molecule has 2 rings (SSSR count). The maximum absolute atomic E-state index is 9.63. The zero-order chi connectivity index (χ0) is 13.9. The zero-order valence-corrected chi connectivity index (χ0v) is 11.6.